The summed E-state index contributed by atoms with van der Waals surface area (Å²) in [6.07, 6.45) is 1.85. The predicted octanol–water partition coefficient (Wildman–Crippen LogP) is 2.72. The van der Waals surface area contributed by atoms with Crippen LogP contribution < -0.4 is 5.32 Å². The number of rotatable bonds is 4. The number of carbonyl (C=O) groups excluding carboxylic acids is 1. The van der Waals surface area contributed by atoms with Crippen LogP contribution >= 0.6 is 0 Å². The van der Waals surface area contributed by atoms with E-state index in [-0.39, 0.29) is 17.6 Å². The number of piperidine rings is 1. The SMILES string of the molecule is Cc1cc(NC(=O)C2CCCN(Cc3cccc(F)c3)C2)n(C)n1. The van der Waals surface area contributed by atoms with Gasteiger partial charge in [-0.2, -0.15) is 5.10 Å². The van der Waals surface area contributed by atoms with E-state index in [1.807, 2.05) is 26.1 Å². The van der Waals surface area contributed by atoms with Crippen molar-refractivity contribution in [2.45, 2.75) is 26.3 Å². The Kier molecular flexibility index (Phi) is 4.94. The van der Waals surface area contributed by atoms with Crippen molar-refractivity contribution in [3.05, 3.63) is 47.4 Å². The van der Waals surface area contributed by atoms with Crippen LogP contribution in [0.3, 0.4) is 0 Å². The monoisotopic (exact) mass is 330 g/mol. The van der Waals surface area contributed by atoms with Gasteiger partial charge in [0.1, 0.15) is 11.6 Å². The van der Waals surface area contributed by atoms with E-state index in [0.717, 1.165) is 36.5 Å². The molecule has 1 aromatic carbocycles. The zero-order chi connectivity index (χ0) is 17.1. The van der Waals surface area contributed by atoms with Gasteiger partial charge in [-0.25, -0.2) is 4.39 Å². The van der Waals surface area contributed by atoms with Crippen LogP contribution in [0.15, 0.2) is 30.3 Å². The van der Waals surface area contributed by atoms with E-state index in [9.17, 15) is 9.18 Å². The molecule has 0 bridgehead atoms. The van der Waals surface area contributed by atoms with E-state index in [4.69, 9.17) is 0 Å². The van der Waals surface area contributed by atoms with E-state index in [2.05, 4.69) is 15.3 Å². The highest BCUT2D eigenvalue weighted by Gasteiger charge is 2.26. The second-order valence-corrected chi connectivity index (χ2v) is 6.49. The number of hydrogen-bond acceptors (Lipinski definition) is 3. The molecule has 1 amide bonds. The normalized spacial score (nSPS) is 18.5. The maximum atomic E-state index is 13.3. The number of carbonyl (C=O) groups is 1. The smallest absolute Gasteiger partial charge is 0.229 e. The Bertz CT molecular complexity index is 728. The van der Waals surface area contributed by atoms with Crippen LogP contribution in [0.5, 0.6) is 0 Å². The molecule has 0 saturated carbocycles. The van der Waals surface area contributed by atoms with Crippen molar-refractivity contribution in [2.75, 3.05) is 18.4 Å². The number of likely N-dealkylation sites (tertiary alicyclic amines) is 1. The lowest BCUT2D eigenvalue weighted by Crippen LogP contribution is -2.40. The summed E-state index contributed by atoms with van der Waals surface area (Å²) in [5.41, 5.74) is 1.82. The standard InChI is InChI=1S/C18H23FN4O/c1-13-9-17(22(2)21-13)20-18(24)15-6-4-8-23(12-15)11-14-5-3-7-16(19)10-14/h3,5,7,9-10,15H,4,6,8,11-12H2,1-2H3,(H,20,24). The van der Waals surface area contributed by atoms with Gasteiger partial charge < -0.3 is 5.32 Å². The van der Waals surface area contributed by atoms with Crippen molar-refractivity contribution in [3.63, 3.8) is 0 Å². The summed E-state index contributed by atoms with van der Waals surface area (Å²) in [6.45, 7) is 4.20. The Morgan fingerprint density at radius 3 is 2.96 bits per heavy atom. The molecule has 1 aliphatic heterocycles. The number of amides is 1. The number of hydrogen-bond donors (Lipinski definition) is 1. The molecule has 1 unspecified atom stereocenters. The summed E-state index contributed by atoms with van der Waals surface area (Å²) < 4.78 is 15.0. The van der Waals surface area contributed by atoms with E-state index >= 15 is 0 Å². The lowest BCUT2D eigenvalue weighted by molar-refractivity contribution is -0.121. The molecule has 0 aliphatic carbocycles. The summed E-state index contributed by atoms with van der Waals surface area (Å²) in [7, 11) is 1.82. The maximum Gasteiger partial charge on any atom is 0.229 e. The zero-order valence-corrected chi connectivity index (χ0v) is 14.1. The van der Waals surface area contributed by atoms with Gasteiger partial charge in [-0.3, -0.25) is 14.4 Å². The summed E-state index contributed by atoms with van der Waals surface area (Å²) in [5.74, 6) is 0.481. The van der Waals surface area contributed by atoms with Crippen LogP contribution in [0, 0.1) is 18.7 Å². The molecule has 1 fully saturated rings. The minimum absolute atomic E-state index is 0.0296. The quantitative estimate of drug-likeness (QED) is 0.938. The molecule has 2 aromatic rings. The second kappa shape index (κ2) is 7.13. The summed E-state index contributed by atoms with van der Waals surface area (Å²) in [6, 6.07) is 8.52. The Balaban J connectivity index is 1.60. The summed E-state index contributed by atoms with van der Waals surface area (Å²) in [4.78, 5) is 14.8. The van der Waals surface area contributed by atoms with Crippen LogP contribution in [0.1, 0.15) is 24.1 Å². The molecular weight excluding hydrogens is 307 g/mol. The number of aryl methyl sites for hydroxylation is 2. The molecule has 24 heavy (non-hydrogen) atoms. The van der Waals surface area contributed by atoms with Gasteiger partial charge in [0, 0.05) is 26.2 Å². The van der Waals surface area contributed by atoms with Crippen LogP contribution in [-0.4, -0.2) is 33.7 Å². The lowest BCUT2D eigenvalue weighted by Gasteiger charge is -2.32. The number of halogens is 1. The van der Waals surface area contributed by atoms with Gasteiger partial charge in [-0.15, -0.1) is 0 Å². The van der Waals surface area contributed by atoms with E-state index in [1.165, 1.54) is 6.07 Å². The molecule has 2 heterocycles. The molecule has 128 valence electrons. The van der Waals surface area contributed by atoms with Crippen molar-refractivity contribution in [1.29, 1.82) is 0 Å². The highest BCUT2D eigenvalue weighted by atomic mass is 19.1. The summed E-state index contributed by atoms with van der Waals surface area (Å²) in [5, 5.41) is 7.21. The Morgan fingerprint density at radius 1 is 1.42 bits per heavy atom. The summed E-state index contributed by atoms with van der Waals surface area (Å²) >= 11 is 0. The number of anilines is 1. The first-order valence-electron chi connectivity index (χ1n) is 8.29. The topological polar surface area (TPSA) is 50.2 Å². The average Bonchev–Trinajstić information content (AvgIpc) is 2.85. The number of aromatic nitrogens is 2. The van der Waals surface area contributed by atoms with E-state index in [1.54, 1.807) is 16.8 Å². The molecule has 1 N–H and O–H groups in total. The fourth-order valence-corrected chi connectivity index (χ4v) is 3.26. The number of benzene rings is 1. The molecular formula is C18H23FN4O. The van der Waals surface area contributed by atoms with Crippen molar-refractivity contribution >= 4 is 11.7 Å². The van der Waals surface area contributed by atoms with E-state index < -0.39 is 0 Å². The molecule has 6 heteroatoms. The molecule has 1 aliphatic rings. The van der Waals surface area contributed by atoms with Gasteiger partial charge in [0.2, 0.25) is 5.91 Å². The predicted molar refractivity (Wildman–Crippen MR) is 91.0 cm³/mol. The molecule has 3 rings (SSSR count). The van der Waals surface area contributed by atoms with Gasteiger partial charge in [-0.1, -0.05) is 12.1 Å². The molecule has 1 atom stereocenters. The Labute approximate surface area is 141 Å². The van der Waals surface area contributed by atoms with Gasteiger partial charge in [0.05, 0.1) is 11.6 Å². The van der Waals surface area contributed by atoms with Gasteiger partial charge in [0.25, 0.3) is 0 Å². The third-order valence-electron chi connectivity index (χ3n) is 4.42. The fourth-order valence-electron chi connectivity index (χ4n) is 3.26. The Hall–Kier alpha value is -2.21. The first kappa shape index (κ1) is 16.6. The average molecular weight is 330 g/mol. The van der Waals surface area contributed by atoms with Crippen molar-refractivity contribution < 1.29 is 9.18 Å². The fraction of sp³-hybridized carbons (Fsp3) is 0.444. The first-order chi connectivity index (χ1) is 11.5. The molecule has 0 radical (unpaired) electrons. The Morgan fingerprint density at radius 2 is 2.25 bits per heavy atom. The van der Waals surface area contributed by atoms with Gasteiger partial charge >= 0.3 is 0 Å². The van der Waals surface area contributed by atoms with Gasteiger partial charge in [-0.05, 0) is 44.0 Å². The molecule has 0 spiro atoms. The second-order valence-electron chi connectivity index (χ2n) is 6.49. The maximum absolute atomic E-state index is 13.3. The highest BCUT2D eigenvalue weighted by Crippen LogP contribution is 2.21. The molecule has 1 aromatic heterocycles. The highest BCUT2D eigenvalue weighted by molar-refractivity contribution is 5.92. The minimum atomic E-state index is -0.217. The molecule has 5 nitrogen and oxygen atoms in total. The van der Waals surface area contributed by atoms with Crippen molar-refractivity contribution in [3.8, 4) is 0 Å². The van der Waals surface area contributed by atoms with Crippen molar-refractivity contribution in [1.82, 2.24) is 14.7 Å². The molecule has 1 saturated heterocycles. The van der Waals surface area contributed by atoms with Crippen LogP contribution in [0.25, 0.3) is 0 Å². The van der Waals surface area contributed by atoms with Crippen LogP contribution in [0.2, 0.25) is 0 Å². The lowest BCUT2D eigenvalue weighted by atomic mass is 9.96. The third-order valence-corrected chi connectivity index (χ3v) is 4.42. The number of nitrogens with one attached hydrogen (secondary N) is 1. The zero-order valence-electron chi connectivity index (χ0n) is 14.1. The van der Waals surface area contributed by atoms with Crippen molar-refractivity contribution in [2.24, 2.45) is 13.0 Å². The minimum Gasteiger partial charge on any atom is -0.311 e. The van der Waals surface area contributed by atoms with Gasteiger partial charge in [0.15, 0.2) is 0 Å². The third kappa shape index (κ3) is 4.00. The largest absolute Gasteiger partial charge is 0.311 e. The van der Waals surface area contributed by atoms with Crippen LogP contribution in [-0.2, 0) is 18.4 Å². The van der Waals surface area contributed by atoms with Crippen LogP contribution in [0.4, 0.5) is 10.2 Å². The first-order valence-corrected chi connectivity index (χ1v) is 8.29. The number of nitrogens with zero attached hydrogens (tertiary/aromatic N) is 3. The van der Waals surface area contributed by atoms with E-state index in [0.29, 0.717) is 13.1 Å².